The quantitative estimate of drug-likeness (QED) is 0.832. The molecule has 6 rings (SSSR count). The van der Waals surface area contributed by atoms with Gasteiger partial charge in [0.05, 0.1) is 0 Å². The molecule has 4 bridgehead atoms. The van der Waals surface area contributed by atoms with Crippen molar-refractivity contribution in [3.8, 4) is 0 Å². The molecule has 2 amide bonds. The largest absolute Gasteiger partial charge is 0.335 e. The first-order valence-corrected chi connectivity index (χ1v) is 11.3. The zero-order chi connectivity index (χ0) is 19.4. The van der Waals surface area contributed by atoms with Gasteiger partial charge in [-0.15, -0.1) is 0 Å². The number of piperidine rings is 1. The van der Waals surface area contributed by atoms with Gasteiger partial charge in [-0.3, -0.25) is 0 Å². The van der Waals surface area contributed by atoms with E-state index in [0.717, 1.165) is 44.2 Å². The zero-order valence-corrected chi connectivity index (χ0v) is 17.5. The fourth-order valence-corrected chi connectivity index (χ4v) is 7.27. The number of urea groups is 1. The number of hydrogen-bond acceptors (Lipinski definition) is 2. The summed E-state index contributed by atoms with van der Waals surface area (Å²) in [5.74, 6) is 1.54. The van der Waals surface area contributed by atoms with Gasteiger partial charge in [0.1, 0.15) is 0 Å². The van der Waals surface area contributed by atoms with E-state index in [1.54, 1.807) is 0 Å². The average Bonchev–Trinajstić information content (AvgIpc) is 2.62. The highest BCUT2D eigenvalue weighted by Gasteiger charge is 2.58. The molecule has 5 fully saturated rings. The molecule has 152 valence electrons. The van der Waals surface area contributed by atoms with E-state index < -0.39 is 0 Å². The van der Waals surface area contributed by atoms with Crippen LogP contribution in [0.2, 0.25) is 0 Å². The van der Waals surface area contributed by atoms with Crippen molar-refractivity contribution >= 4 is 6.03 Å². The van der Waals surface area contributed by atoms with E-state index in [2.05, 4.69) is 53.8 Å². The van der Waals surface area contributed by atoms with Crippen molar-refractivity contribution in [2.45, 2.75) is 75.3 Å². The molecule has 1 aromatic rings. The Bertz CT molecular complexity index is 721. The smallest absolute Gasteiger partial charge is 0.315 e. The van der Waals surface area contributed by atoms with E-state index in [1.807, 2.05) is 0 Å². The van der Waals surface area contributed by atoms with Crippen LogP contribution in [-0.2, 0) is 5.41 Å². The van der Waals surface area contributed by atoms with Crippen molar-refractivity contribution < 1.29 is 4.79 Å². The highest BCUT2D eigenvalue weighted by molar-refractivity contribution is 5.75. The molecule has 0 spiro atoms. The van der Waals surface area contributed by atoms with E-state index >= 15 is 0 Å². The molecular weight excluding hydrogens is 346 g/mol. The highest BCUT2D eigenvalue weighted by Crippen LogP contribution is 2.62. The zero-order valence-electron chi connectivity index (χ0n) is 17.5. The predicted octanol–water partition coefficient (Wildman–Crippen LogP) is 3.98. The maximum absolute atomic E-state index is 12.9. The number of benzene rings is 1. The molecule has 0 aromatic heterocycles. The molecule has 1 saturated heterocycles. The molecule has 4 heteroatoms. The first-order valence-electron chi connectivity index (χ1n) is 11.3. The van der Waals surface area contributed by atoms with Crippen LogP contribution in [-0.4, -0.2) is 42.6 Å². The standard InChI is InChI=1S/C24H35N3O/c1-17-3-5-20(6-4-17)23-12-18-11-19(13-23)15-24(14-18,16-23)26-22(28)25-21-7-9-27(2)10-8-21/h3-6,18-19,21H,7-16H2,1-2H3,(H2,25,26,28). The second kappa shape index (κ2) is 6.76. The third-order valence-electron chi connectivity index (χ3n) is 8.16. The number of rotatable bonds is 3. The van der Waals surface area contributed by atoms with Gasteiger partial charge >= 0.3 is 6.03 Å². The van der Waals surface area contributed by atoms with Crippen LogP contribution in [0.25, 0.3) is 0 Å². The minimum absolute atomic E-state index is 0.00448. The molecule has 1 heterocycles. The van der Waals surface area contributed by atoms with Gasteiger partial charge in [-0.1, -0.05) is 29.8 Å². The Kier molecular flexibility index (Phi) is 4.46. The Balaban J connectivity index is 1.32. The summed E-state index contributed by atoms with van der Waals surface area (Å²) in [5, 5.41) is 6.82. The van der Waals surface area contributed by atoms with Gasteiger partial charge in [0, 0.05) is 11.6 Å². The van der Waals surface area contributed by atoms with Crippen LogP contribution in [0.1, 0.15) is 62.5 Å². The molecule has 2 N–H and O–H groups in total. The summed E-state index contributed by atoms with van der Waals surface area (Å²) in [6, 6.07) is 9.65. The summed E-state index contributed by atoms with van der Waals surface area (Å²) < 4.78 is 0. The maximum atomic E-state index is 12.9. The van der Waals surface area contributed by atoms with Crippen LogP contribution in [0, 0.1) is 18.8 Å². The van der Waals surface area contributed by atoms with Crippen LogP contribution < -0.4 is 10.6 Å². The number of likely N-dealkylation sites (tertiary alicyclic amines) is 1. The molecule has 1 aliphatic heterocycles. The summed E-state index contributed by atoms with van der Waals surface area (Å²) in [6.07, 6.45) is 9.60. The molecule has 0 radical (unpaired) electrons. The molecule has 2 atom stereocenters. The second-order valence-corrected chi connectivity index (χ2v) is 10.6. The minimum Gasteiger partial charge on any atom is -0.335 e. The number of aryl methyl sites for hydroxylation is 1. The molecule has 4 nitrogen and oxygen atoms in total. The van der Waals surface area contributed by atoms with Crippen molar-refractivity contribution in [1.82, 2.24) is 15.5 Å². The van der Waals surface area contributed by atoms with Gasteiger partial charge < -0.3 is 15.5 Å². The van der Waals surface area contributed by atoms with Gasteiger partial charge in [0.25, 0.3) is 0 Å². The van der Waals surface area contributed by atoms with E-state index in [1.165, 1.54) is 43.2 Å². The fourth-order valence-electron chi connectivity index (χ4n) is 7.27. The predicted molar refractivity (Wildman–Crippen MR) is 112 cm³/mol. The van der Waals surface area contributed by atoms with E-state index in [4.69, 9.17) is 0 Å². The lowest BCUT2D eigenvalue weighted by Gasteiger charge is -2.62. The summed E-state index contributed by atoms with van der Waals surface area (Å²) in [6.45, 7) is 4.33. The van der Waals surface area contributed by atoms with Crippen LogP contribution in [0.5, 0.6) is 0 Å². The van der Waals surface area contributed by atoms with Crippen molar-refractivity contribution in [2.24, 2.45) is 11.8 Å². The lowest BCUT2D eigenvalue weighted by molar-refractivity contribution is -0.0351. The van der Waals surface area contributed by atoms with Gasteiger partial charge in [-0.25, -0.2) is 4.79 Å². The van der Waals surface area contributed by atoms with Crippen molar-refractivity contribution in [2.75, 3.05) is 20.1 Å². The minimum atomic E-state index is 0.00448. The van der Waals surface area contributed by atoms with E-state index in [9.17, 15) is 4.79 Å². The number of carbonyl (C=O) groups is 1. The molecule has 2 unspecified atom stereocenters. The van der Waals surface area contributed by atoms with Crippen LogP contribution in [0.4, 0.5) is 4.79 Å². The monoisotopic (exact) mass is 381 g/mol. The van der Waals surface area contributed by atoms with Crippen LogP contribution in [0.15, 0.2) is 24.3 Å². The lowest BCUT2D eigenvalue weighted by atomic mass is 9.45. The average molecular weight is 382 g/mol. The number of hydrogen-bond donors (Lipinski definition) is 2. The van der Waals surface area contributed by atoms with Gasteiger partial charge in [0.15, 0.2) is 0 Å². The molecule has 4 aliphatic carbocycles. The summed E-state index contributed by atoms with van der Waals surface area (Å²) in [5.41, 5.74) is 3.12. The Morgan fingerprint density at radius 1 is 1.04 bits per heavy atom. The number of amides is 2. The molecule has 5 aliphatic rings. The lowest BCUT2D eigenvalue weighted by Crippen LogP contribution is -2.66. The highest BCUT2D eigenvalue weighted by atomic mass is 16.2. The number of nitrogens with zero attached hydrogens (tertiary/aromatic N) is 1. The molecular formula is C24H35N3O. The molecule has 4 saturated carbocycles. The van der Waals surface area contributed by atoms with Crippen LogP contribution in [0.3, 0.4) is 0 Å². The Morgan fingerprint density at radius 2 is 1.68 bits per heavy atom. The van der Waals surface area contributed by atoms with Crippen molar-refractivity contribution in [1.29, 1.82) is 0 Å². The fraction of sp³-hybridized carbons (Fsp3) is 0.708. The number of nitrogens with one attached hydrogen (secondary N) is 2. The number of carbonyl (C=O) groups excluding carboxylic acids is 1. The third-order valence-corrected chi connectivity index (χ3v) is 8.16. The Hall–Kier alpha value is -1.55. The molecule has 1 aromatic carbocycles. The van der Waals surface area contributed by atoms with Gasteiger partial charge in [-0.05, 0) is 101 Å². The topological polar surface area (TPSA) is 44.4 Å². The normalized spacial score (nSPS) is 37.8. The van der Waals surface area contributed by atoms with E-state index in [-0.39, 0.29) is 17.0 Å². The van der Waals surface area contributed by atoms with Crippen LogP contribution >= 0.6 is 0 Å². The Labute approximate surface area is 169 Å². The molecule has 28 heavy (non-hydrogen) atoms. The van der Waals surface area contributed by atoms with Crippen molar-refractivity contribution in [3.63, 3.8) is 0 Å². The second-order valence-electron chi connectivity index (χ2n) is 10.6. The van der Waals surface area contributed by atoms with E-state index in [0.29, 0.717) is 6.04 Å². The summed E-state index contributed by atoms with van der Waals surface area (Å²) >= 11 is 0. The van der Waals surface area contributed by atoms with Gasteiger partial charge in [0.2, 0.25) is 0 Å². The first-order chi connectivity index (χ1) is 13.4. The third kappa shape index (κ3) is 3.34. The summed E-state index contributed by atoms with van der Waals surface area (Å²) in [4.78, 5) is 15.3. The first kappa shape index (κ1) is 18.5. The summed E-state index contributed by atoms with van der Waals surface area (Å²) in [7, 11) is 2.16. The van der Waals surface area contributed by atoms with Gasteiger partial charge in [-0.2, -0.15) is 0 Å². The van der Waals surface area contributed by atoms with Crippen molar-refractivity contribution in [3.05, 3.63) is 35.4 Å². The Morgan fingerprint density at radius 3 is 2.32 bits per heavy atom. The maximum Gasteiger partial charge on any atom is 0.315 e. The SMILES string of the molecule is Cc1ccc(C23CC4CC(CC(NC(=O)NC5CCN(C)CC5)(C4)C2)C3)cc1.